The van der Waals surface area contributed by atoms with Gasteiger partial charge in [0.1, 0.15) is 0 Å². The van der Waals surface area contributed by atoms with Crippen molar-refractivity contribution < 1.29 is 19.8 Å². The van der Waals surface area contributed by atoms with E-state index in [0.29, 0.717) is 19.4 Å². The second-order valence-corrected chi connectivity index (χ2v) is 5.85. The molecule has 0 aromatic heterocycles. The third kappa shape index (κ3) is 3.62. The van der Waals surface area contributed by atoms with Gasteiger partial charge in [-0.15, -0.1) is 0 Å². The molecule has 2 aliphatic rings. The topological polar surface area (TPSA) is 89.9 Å². The zero-order valence-electron chi connectivity index (χ0n) is 11.8. The third-order valence-corrected chi connectivity index (χ3v) is 4.47. The number of aliphatic hydroxyl groups excluding tert-OH is 1. The summed E-state index contributed by atoms with van der Waals surface area (Å²) in [5, 5.41) is 21.1. The van der Waals surface area contributed by atoms with Gasteiger partial charge in [0.05, 0.1) is 12.5 Å². The molecular weight excluding hydrogens is 260 g/mol. The molecule has 0 bridgehead atoms. The number of hydrogen-bond acceptors (Lipinski definition) is 3. The van der Waals surface area contributed by atoms with Crippen LogP contribution in [0.15, 0.2) is 0 Å². The number of amides is 2. The quantitative estimate of drug-likeness (QED) is 0.707. The second kappa shape index (κ2) is 6.92. The Morgan fingerprint density at radius 3 is 2.40 bits per heavy atom. The van der Waals surface area contributed by atoms with E-state index in [1.807, 2.05) is 0 Å². The molecule has 2 amide bonds. The van der Waals surface area contributed by atoms with Crippen molar-refractivity contribution >= 4 is 12.0 Å². The number of nitrogens with zero attached hydrogens (tertiary/aromatic N) is 1. The molecule has 0 heterocycles. The smallest absolute Gasteiger partial charge is 0.317 e. The maximum absolute atomic E-state index is 12.3. The summed E-state index contributed by atoms with van der Waals surface area (Å²) < 4.78 is 0. The molecule has 20 heavy (non-hydrogen) atoms. The summed E-state index contributed by atoms with van der Waals surface area (Å²) in [7, 11) is 0. The van der Waals surface area contributed by atoms with Crippen molar-refractivity contribution in [2.24, 2.45) is 5.92 Å². The molecule has 0 aromatic carbocycles. The van der Waals surface area contributed by atoms with Crippen LogP contribution in [0, 0.1) is 5.92 Å². The number of rotatable bonds is 5. The number of aliphatic carboxylic acids is 1. The average molecular weight is 284 g/mol. The maximum Gasteiger partial charge on any atom is 0.317 e. The van der Waals surface area contributed by atoms with E-state index in [9.17, 15) is 9.59 Å². The molecule has 2 rings (SSSR count). The molecule has 114 valence electrons. The van der Waals surface area contributed by atoms with Crippen LogP contribution in [0.4, 0.5) is 4.79 Å². The lowest BCUT2D eigenvalue weighted by atomic mass is 9.86. The Labute approximate surface area is 119 Å². The monoisotopic (exact) mass is 284 g/mol. The minimum atomic E-state index is -0.768. The first-order chi connectivity index (χ1) is 9.61. The number of aliphatic hydroxyl groups is 1. The number of hydrogen-bond donors (Lipinski definition) is 3. The number of urea groups is 1. The summed E-state index contributed by atoms with van der Waals surface area (Å²) in [4.78, 5) is 25.0. The molecule has 2 aliphatic carbocycles. The predicted octanol–water partition coefficient (Wildman–Crippen LogP) is 1.19. The van der Waals surface area contributed by atoms with Gasteiger partial charge in [-0.05, 0) is 38.5 Å². The lowest BCUT2D eigenvalue weighted by Crippen LogP contribution is -2.53. The van der Waals surface area contributed by atoms with Crippen LogP contribution in [-0.2, 0) is 4.79 Å². The lowest BCUT2D eigenvalue weighted by molar-refractivity contribution is -0.143. The van der Waals surface area contributed by atoms with E-state index in [2.05, 4.69) is 5.32 Å². The fraction of sp³-hybridized carbons (Fsp3) is 0.857. The van der Waals surface area contributed by atoms with Gasteiger partial charge in [0.2, 0.25) is 0 Å². The molecule has 2 unspecified atom stereocenters. The first-order valence-corrected chi connectivity index (χ1v) is 7.52. The highest BCUT2D eigenvalue weighted by molar-refractivity contribution is 5.75. The number of carbonyl (C=O) groups excluding carboxylic acids is 1. The van der Waals surface area contributed by atoms with Crippen LogP contribution >= 0.6 is 0 Å². The molecule has 0 radical (unpaired) electrons. The van der Waals surface area contributed by atoms with Crippen molar-refractivity contribution in [2.45, 2.75) is 57.0 Å². The van der Waals surface area contributed by atoms with Crippen LogP contribution in [0.3, 0.4) is 0 Å². The van der Waals surface area contributed by atoms with Gasteiger partial charge in [-0.2, -0.15) is 0 Å². The molecule has 0 aliphatic heterocycles. The Balaban J connectivity index is 1.86. The lowest BCUT2D eigenvalue weighted by Gasteiger charge is -2.38. The van der Waals surface area contributed by atoms with Crippen molar-refractivity contribution in [3.8, 4) is 0 Å². The summed E-state index contributed by atoms with van der Waals surface area (Å²) in [6.07, 6.45) is 6.01. The SMILES string of the molecule is O=C(O)C1CCCC(NC(=O)N(CCO)C2CCC2)C1. The number of carboxylic acid groups (broad SMARTS) is 1. The van der Waals surface area contributed by atoms with Gasteiger partial charge < -0.3 is 20.4 Å². The van der Waals surface area contributed by atoms with Crippen molar-refractivity contribution in [3.05, 3.63) is 0 Å². The Hall–Kier alpha value is -1.30. The van der Waals surface area contributed by atoms with Crippen molar-refractivity contribution in [1.82, 2.24) is 10.2 Å². The van der Waals surface area contributed by atoms with E-state index in [-0.39, 0.29) is 30.6 Å². The Morgan fingerprint density at radius 2 is 1.85 bits per heavy atom. The van der Waals surface area contributed by atoms with E-state index in [0.717, 1.165) is 32.1 Å². The minimum Gasteiger partial charge on any atom is -0.481 e. The number of carboxylic acids is 1. The molecule has 2 fully saturated rings. The van der Waals surface area contributed by atoms with Gasteiger partial charge in [-0.3, -0.25) is 4.79 Å². The van der Waals surface area contributed by atoms with Crippen molar-refractivity contribution in [1.29, 1.82) is 0 Å². The van der Waals surface area contributed by atoms with Crippen LogP contribution < -0.4 is 5.32 Å². The van der Waals surface area contributed by atoms with Gasteiger partial charge in [-0.1, -0.05) is 6.42 Å². The Kier molecular flexibility index (Phi) is 5.23. The predicted molar refractivity (Wildman–Crippen MR) is 73.3 cm³/mol. The summed E-state index contributed by atoms with van der Waals surface area (Å²) in [5.41, 5.74) is 0. The van der Waals surface area contributed by atoms with Gasteiger partial charge in [-0.25, -0.2) is 4.79 Å². The average Bonchev–Trinajstić information content (AvgIpc) is 2.36. The Bertz CT molecular complexity index is 357. The van der Waals surface area contributed by atoms with E-state index in [1.165, 1.54) is 0 Å². The summed E-state index contributed by atoms with van der Waals surface area (Å²) >= 11 is 0. The van der Waals surface area contributed by atoms with E-state index >= 15 is 0 Å². The zero-order valence-corrected chi connectivity index (χ0v) is 11.8. The highest BCUT2D eigenvalue weighted by Gasteiger charge is 2.32. The standard InChI is InChI=1S/C14H24N2O4/c17-8-7-16(12-5-2-6-12)14(20)15-11-4-1-3-10(9-11)13(18)19/h10-12,17H,1-9H2,(H,15,20)(H,18,19). The van der Waals surface area contributed by atoms with Crippen LogP contribution in [0.2, 0.25) is 0 Å². The molecule has 0 spiro atoms. The van der Waals surface area contributed by atoms with Crippen LogP contribution in [0.25, 0.3) is 0 Å². The highest BCUT2D eigenvalue weighted by atomic mass is 16.4. The maximum atomic E-state index is 12.3. The summed E-state index contributed by atoms with van der Waals surface area (Å²) in [5.74, 6) is -1.11. The zero-order chi connectivity index (χ0) is 14.5. The highest BCUT2D eigenvalue weighted by Crippen LogP contribution is 2.27. The van der Waals surface area contributed by atoms with Gasteiger partial charge in [0, 0.05) is 18.6 Å². The first-order valence-electron chi connectivity index (χ1n) is 7.52. The Morgan fingerprint density at radius 1 is 1.15 bits per heavy atom. The fourth-order valence-corrected chi connectivity index (χ4v) is 3.06. The third-order valence-electron chi connectivity index (χ3n) is 4.47. The van der Waals surface area contributed by atoms with Crippen molar-refractivity contribution in [2.75, 3.05) is 13.2 Å². The molecule has 0 aromatic rings. The molecule has 2 saturated carbocycles. The summed E-state index contributed by atoms with van der Waals surface area (Å²) in [6.45, 7) is 0.317. The molecular formula is C14H24N2O4. The van der Waals surface area contributed by atoms with Crippen LogP contribution in [-0.4, -0.2) is 52.3 Å². The van der Waals surface area contributed by atoms with Crippen molar-refractivity contribution in [3.63, 3.8) is 0 Å². The molecule has 2 atom stereocenters. The summed E-state index contributed by atoms with van der Waals surface area (Å²) in [6, 6.07) is 0.0272. The van der Waals surface area contributed by atoms with E-state index in [1.54, 1.807) is 4.90 Å². The number of nitrogens with one attached hydrogen (secondary N) is 1. The molecule has 0 saturated heterocycles. The fourth-order valence-electron chi connectivity index (χ4n) is 3.06. The van der Waals surface area contributed by atoms with Gasteiger partial charge >= 0.3 is 12.0 Å². The molecule has 6 nitrogen and oxygen atoms in total. The van der Waals surface area contributed by atoms with Gasteiger partial charge in [0.15, 0.2) is 0 Å². The first kappa shape index (κ1) is 15.1. The van der Waals surface area contributed by atoms with Crippen LogP contribution in [0.1, 0.15) is 44.9 Å². The minimum absolute atomic E-state index is 0.0354. The van der Waals surface area contributed by atoms with Gasteiger partial charge in [0.25, 0.3) is 0 Å². The largest absolute Gasteiger partial charge is 0.481 e. The van der Waals surface area contributed by atoms with E-state index in [4.69, 9.17) is 10.2 Å². The molecule has 3 N–H and O–H groups in total. The second-order valence-electron chi connectivity index (χ2n) is 5.85. The molecule has 6 heteroatoms. The number of carbonyl (C=O) groups is 2. The normalized spacial score (nSPS) is 26.6. The van der Waals surface area contributed by atoms with E-state index < -0.39 is 5.97 Å². The van der Waals surface area contributed by atoms with Crippen LogP contribution in [0.5, 0.6) is 0 Å².